The lowest BCUT2D eigenvalue weighted by Crippen LogP contribution is -2.36. The molecule has 1 saturated heterocycles. The summed E-state index contributed by atoms with van der Waals surface area (Å²) in [5.74, 6) is -0.224. The molecule has 1 fully saturated rings. The number of benzene rings is 1. The first-order valence-corrected chi connectivity index (χ1v) is 14.6. The zero-order chi connectivity index (χ0) is 26.9. The normalized spacial score (nSPS) is 19.6. The highest BCUT2D eigenvalue weighted by molar-refractivity contribution is 7.07. The average Bonchev–Trinajstić information content (AvgIpc) is 3.38. The first-order valence-electron chi connectivity index (χ1n) is 13.7. The fraction of sp³-hybridized carbons (Fsp3) is 0.400. The fourth-order valence-corrected chi connectivity index (χ4v) is 5.81. The van der Waals surface area contributed by atoms with Crippen molar-refractivity contribution in [1.82, 2.24) is 15.2 Å². The highest BCUT2D eigenvalue weighted by Crippen LogP contribution is 2.25. The summed E-state index contributed by atoms with van der Waals surface area (Å²) in [6.45, 7) is 4.87. The van der Waals surface area contributed by atoms with Crippen LogP contribution < -0.4 is 20.3 Å². The molecule has 2 heterocycles. The van der Waals surface area contributed by atoms with Crippen molar-refractivity contribution in [3.63, 3.8) is 0 Å². The average molecular weight is 550 g/mol. The van der Waals surface area contributed by atoms with E-state index in [1.54, 1.807) is 17.4 Å². The van der Waals surface area contributed by atoms with Crippen molar-refractivity contribution in [2.75, 3.05) is 44.3 Å². The minimum absolute atomic E-state index is 0.0183. The number of hydrogen-bond donors (Lipinski definition) is 2. The van der Waals surface area contributed by atoms with Crippen molar-refractivity contribution >= 4 is 22.9 Å². The molecule has 1 aromatic carbocycles. The molecule has 0 spiro atoms. The van der Waals surface area contributed by atoms with Crippen LogP contribution in [0.15, 0.2) is 82.6 Å². The van der Waals surface area contributed by atoms with Crippen LogP contribution in [0.1, 0.15) is 25.7 Å². The van der Waals surface area contributed by atoms with Gasteiger partial charge in [-0.2, -0.15) is 0 Å². The van der Waals surface area contributed by atoms with Crippen molar-refractivity contribution < 1.29 is 13.9 Å². The van der Waals surface area contributed by atoms with Gasteiger partial charge in [0.15, 0.2) is 4.80 Å². The van der Waals surface area contributed by atoms with Gasteiger partial charge in [0.2, 0.25) is 5.91 Å². The number of aromatic nitrogens is 1. The number of nitrogens with one attached hydrogen (secondary N) is 2. The molecule has 1 unspecified atom stereocenters. The predicted octanol–water partition coefficient (Wildman–Crippen LogP) is 4.47. The zero-order valence-electron chi connectivity index (χ0n) is 22.2. The van der Waals surface area contributed by atoms with E-state index in [2.05, 4.69) is 61.9 Å². The molecule has 1 amide bonds. The second-order valence-corrected chi connectivity index (χ2v) is 10.6. The Bertz CT molecular complexity index is 1320. The minimum atomic E-state index is -0.206. The molecule has 2 N–H and O–H groups in total. The maximum atomic E-state index is 13.5. The van der Waals surface area contributed by atoms with Crippen LogP contribution >= 0.6 is 11.3 Å². The van der Waals surface area contributed by atoms with Gasteiger partial charge in [-0.25, -0.2) is 4.39 Å². The molecule has 0 bridgehead atoms. The first kappa shape index (κ1) is 27.1. The number of thiazole rings is 1. The summed E-state index contributed by atoms with van der Waals surface area (Å²) in [6, 6.07) is 8.57. The lowest BCUT2D eigenvalue weighted by Gasteiger charge is -2.28. The highest BCUT2D eigenvalue weighted by atomic mass is 32.1. The van der Waals surface area contributed by atoms with Crippen LogP contribution in [0.25, 0.3) is 11.3 Å². The molecule has 7 nitrogen and oxygen atoms in total. The van der Waals surface area contributed by atoms with Crippen LogP contribution in [-0.2, 0) is 16.1 Å². The number of amides is 1. The highest BCUT2D eigenvalue weighted by Gasteiger charge is 2.14. The number of carbonyl (C=O) groups is 1. The smallest absolute Gasteiger partial charge is 0.239 e. The first-order chi connectivity index (χ1) is 19.2. The summed E-state index contributed by atoms with van der Waals surface area (Å²) in [7, 11) is 0. The third-order valence-corrected chi connectivity index (χ3v) is 7.85. The molecule has 9 heteroatoms. The molecule has 39 heavy (non-hydrogen) atoms. The van der Waals surface area contributed by atoms with Crippen molar-refractivity contribution in [1.29, 1.82) is 0 Å². The fourth-order valence-electron chi connectivity index (χ4n) is 4.82. The Balaban J connectivity index is 1.25. The Hall–Kier alpha value is -3.43. The SMILES string of the molecule is O=C(CNC1=CCCC=C1)NCCCn1c(-c2ccc(N3CCOCC3)cc2)csc1=NC1C=CC(F)=CC1. The number of morpholine rings is 1. The number of hydrogen-bond acceptors (Lipinski definition) is 6. The standard InChI is InChI=1S/C30H36FN5O2S/c31-24-9-11-26(12-10-24)34-30-36(16-4-15-32-29(37)21-33-25-5-2-1-3-6-25)28(22-39-30)23-7-13-27(14-8-23)35-17-19-38-20-18-35/h2,5-11,13-14,22,26,33H,1,3-4,12,15-21H2,(H,32,37). The second kappa shape index (κ2) is 13.6. The molecule has 1 atom stereocenters. The van der Waals surface area contributed by atoms with Gasteiger partial charge in [-0.3, -0.25) is 9.79 Å². The molecule has 2 aliphatic carbocycles. The molecule has 206 valence electrons. The van der Waals surface area contributed by atoms with E-state index >= 15 is 0 Å². The van der Waals surface area contributed by atoms with Crippen LogP contribution in [0.4, 0.5) is 10.1 Å². The molecule has 0 radical (unpaired) electrons. The van der Waals surface area contributed by atoms with Crippen molar-refractivity contribution in [3.8, 4) is 11.3 Å². The van der Waals surface area contributed by atoms with Crippen molar-refractivity contribution in [2.45, 2.75) is 38.3 Å². The van der Waals surface area contributed by atoms with Gasteiger partial charge in [0.25, 0.3) is 0 Å². The summed E-state index contributed by atoms with van der Waals surface area (Å²) in [4.78, 5) is 20.5. The topological polar surface area (TPSA) is 70.9 Å². The van der Waals surface area contributed by atoms with E-state index in [9.17, 15) is 9.18 Å². The summed E-state index contributed by atoms with van der Waals surface area (Å²) in [5, 5.41) is 8.35. The van der Waals surface area contributed by atoms with Gasteiger partial charge < -0.3 is 24.8 Å². The Morgan fingerprint density at radius 3 is 2.72 bits per heavy atom. The van der Waals surface area contributed by atoms with Crippen LogP contribution in [0, 0.1) is 0 Å². The number of ether oxygens (including phenoxy) is 1. The Morgan fingerprint density at radius 1 is 1.13 bits per heavy atom. The summed E-state index contributed by atoms with van der Waals surface area (Å²) in [5.41, 5.74) is 4.42. The number of rotatable bonds is 10. The summed E-state index contributed by atoms with van der Waals surface area (Å²) < 4.78 is 21.2. The molecule has 2 aromatic rings. The van der Waals surface area contributed by atoms with Crippen LogP contribution in [0.3, 0.4) is 0 Å². The Morgan fingerprint density at radius 2 is 1.97 bits per heavy atom. The van der Waals surface area contributed by atoms with E-state index in [0.29, 0.717) is 19.5 Å². The number of halogens is 1. The lowest BCUT2D eigenvalue weighted by molar-refractivity contribution is -0.120. The Kier molecular flexibility index (Phi) is 9.45. The van der Waals surface area contributed by atoms with Gasteiger partial charge in [-0.05, 0) is 61.6 Å². The number of nitrogens with zero attached hydrogens (tertiary/aromatic N) is 3. The van der Waals surface area contributed by atoms with Crippen LogP contribution in [0.5, 0.6) is 0 Å². The molecule has 1 aliphatic heterocycles. The quantitative estimate of drug-likeness (QED) is 0.429. The van der Waals surface area contributed by atoms with Crippen molar-refractivity contribution in [3.05, 3.63) is 82.4 Å². The van der Waals surface area contributed by atoms with E-state index in [0.717, 1.165) is 67.3 Å². The number of anilines is 1. The number of allylic oxidation sites excluding steroid dienone is 5. The van der Waals surface area contributed by atoms with Crippen molar-refractivity contribution in [2.24, 2.45) is 4.99 Å². The third kappa shape index (κ3) is 7.58. The molecule has 3 aliphatic rings. The van der Waals surface area contributed by atoms with Gasteiger partial charge in [0.05, 0.1) is 31.5 Å². The molecule has 1 aromatic heterocycles. The Labute approximate surface area is 233 Å². The summed E-state index contributed by atoms with van der Waals surface area (Å²) >= 11 is 1.60. The van der Waals surface area contributed by atoms with Gasteiger partial charge in [0.1, 0.15) is 5.83 Å². The largest absolute Gasteiger partial charge is 0.378 e. The second-order valence-electron chi connectivity index (χ2n) is 9.78. The van der Waals surface area contributed by atoms with E-state index in [4.69, 9.17) is 9.73 Å². The van der Waals surface area contributed by atoms with Gasteiger partial charge >= 0.3 is 0 Å². The minimum Gasteiger partial charge on any atom is -0.378 e. The molecule has 5 rings (SSSR count). The zero-order valence-corrected chi connectivity index (χ0v) is 23.0. The van der Waals surface area contributed by atoms with Gasteiger partial charge in [-0.1, -0.05) is 30.4 Å². The van der Waals surface area contributed by atoms with E-state index < -0.39 is 0 Å². The monoisotopic (exact) mass is 549 g/mol. The van der Waals surface area contributed by atoms with Crippen LogP contribution in [0.2, 0.25) is 0 Å². The molecular weight excluding hydrogens is 513 g/mol. The predicted molar refractivity (Wildman–Crippen MR) is 155 cm³/mol. The van der Waals surface area contributed by atoms with E-state index in [-0.39, 0.29) is 24.3 Å². The molecular formula is C30H36FN5O2S. The molecule has 0 saturated carbocycles. The maximum Gasteiger partial charge on any atom is 0.239 e. The number of carbonyl (C=O) groups excluding carboxylic acids is 1. The van der Waals surface area contributed by atoms with E-state index in [1.807, 2.05) is 12.2 Å². The summed E-state index contributed by atoms with van der Waals surface area (Å²) in [6.07, 6.45) is 14.5. The lowest BCUT2D eigenvalue weighted by atomic mass is 10.1. The van der Waals surface area contributed by atoms with Gasteiger partial charge in [-0.15, -0.1) is 11.3 Å². The van der Waals surface area contributed by atoms with E-state index in [1.165, 1.54) is 11.8 Å². The van der Waals surface area contributed by atoms with Gasteiger partial charge in [0, 0.05) is 42.9 Å². The maximum absolute atomic E-state index is 13.5. The third-order valence-electron chi connectivity index (χ3n) is 6.97. The van der Waals surface area contributed by atoms with Crippen LogP contribution in [-0.4, -0.2) is 55.9 Å².